The van der Waals surface area contributed by atoms with Gasteiger partial charge in [-0.1, -0.05) is 0 Å². The second-order valence-electron chi connectivity index (χ2n) is 3.12. The van der Waals surface area contributed by atoms with Gasteiger partial charge < -0.3 is 5.32 Å². The highest BCUT2D eigenvalue weighted by molar-refractivity contribution is 6.08. The van der Waals surface area contributed by atoms with Crippen LogP contribution >= 0.6 is 0 Å². The number of ketones is 1. The molecular weight excluding hydrogens is 160 g/mol. The summed E-state index contributed by atoms with van der Waals surface area (Å²) < 4.78 is 0. The SMILES string of the molecule is CC(=O)CC1(C)NC(=O)NC1=O. The van der Waals surface area contributed by atoms with Crippen molar-refractivity contribution in [1.29, 1.82) is 0 Å². The van der Waals surface area contributed by atoms with E-state index in [9.17, 15) is 14.4 Å². The zero-order valence-corrected chi connectivity index (χ0v) is 6.93. The Labute approximate surface area is 69.5 Å². The monoisotopic (exact) mass is 170 g/mol. The van der Waals surface area contributed by atoms with Crippen molar-refractivity contribution in [1.82, 2.24) is 10.6 Å². The summed E-state index contributed by atoms with van der Waals surface area (Å²) >= 11 is 0. The van der Waals surface area contributed by atoms with Crippen LogP contribution in [0.4, 0.5) is 4.79 Å². The molecule has 66 valence electrons. The van der Waals surface area contributed by atoms with Crippen molar-refractivity contribution >= 4 is 17.7 Å². The lowest BCUT2D eigenvalue weighted by atomic mass is 9.96. The molecule has 0 aromatic heterocycles. The van der Waals surface area contributed by atoms with E-state index in [2.05, 4.69) is 10.6 Å². The number of amides is 3. The molecular formula is C7H10N2O3. The summed E-state index contributed by atoms with van der Waals surface area (Å²) in [6.07, 6.45) is 0.0323. The predicted octanol–water partition coefficient (Wildman–Crippen LogP) is -0.436. The van der Waals surface area contributed by atoms with Crippen LogP contribution < -0.4 is 10.6 Å². The molecule has 1 heterocycles. The minimum absolute atomic E-state index is 0.0323. The van der Waals surface area contributed by atoms with E-state index < -0.39 is 17.5 Å². The average Bonchev–Trinajstić information content (AvgIpc) is 2.04. The molecule has 0 saturated carbocycles. The number of hydrogen-bond acceptors (Lipinski definition) is 3. The zero-order chi connectivity index (χ0) is 9.35. The number of hydrogen-bond donors (Lipinski definition) is 2. The first-order valence-corrected chi connectivity index (χ1v) is 3.57. The third-order valence-electron chi connectivity index (χ3n) is 1.72. The Morgan fingerprint density at radius 1 is 1.50 bits per heavy atom. The van der Waals surface area contributed by atoms with Gasteiger partial charge in [-0.15, -0.1) is 0 Å². The van der Waals surface area contributed by atoms with Crippen LogP contribution in [0, 0.1) is 0 Å². The van der Waals surface area contributed by atoms with Crippen molar-refractivity contribution in [2.75, 3.05) is 0 Å². The lowest BCUT2D eigenvalue weighted by molar-refractivity contribution is -0.127. The van der Waals surface area contributed by atoms with Gasteiger partial charge in [0.1, 0.15) is 11.3 Å². The van der Waals surface area contributed by atoms with E-state index in [0.29, 0.717) is 0 Å². The largest absolute Gasteiger partial charge is 0.323 e. The van der Waals surface area contributed by atoms with E-state index >= 15 is 0 Å². The Morgan fingerprint density at radius 2 is 2.08 bits per heavy atom. The normalized spacial score (nSPS) is 28.2. The van der Waals surface area contributed by atoms with Gasteiger partial charge in [-0.05, 0) is 13.8 Å². The van der Waals surface area contributed by atoms with E-state index in [1.807, 2.05) is 0 Å². The van der Waals surface area contributed by atoms with Crippen LogP contribution in [0.1, 0.15) is 20.3 Å². The summed E-state index contributed by atoms with van der Waals surface area (Å²) in [5, 5.41) is 4.46. The third-order valence-corrected chi connectivity index (χ3v) is 1.72. The molecule has 0 aromatic rings. The summed E-state index contributed by atoms with van der Waals surface area (Å²) in [6, 6.07) is -0.538. The van der Waals surface area contributed by atoms with E-state index in [4.69, 9.17) is 0 Å². The van der Waals surface area contributed by atoms with E-state index in [0.717, 1.165) is 0 Å². The minimum atomic E-state index is -1.05. The van der Waals surface area contributed by atoms with Crippen molar-refractivity contribution < 1.29 is 14.4 Å². The number of carbonyl (C=O) groups excluding carboxylic acids is 3. The number of Topliss-reactive ketones (excluding diaryl/α,β-unsaturated/α-hetero) is 1. The highest BCUT2D eigenvalue weighted by atomic mass is 16.2. The first-order valence-electron chi connectivity index (χ1n) is 3.57. The average molecular weight is 170 g/mol. The maximum atomic E-state index is 11.1. The van der Waals surface area contributed by atoms with Gasteiger partial charge in [-0.25, -0.2) is 4.79 Å². The third kappa shape index (κ3) is 1.44. The molecule has 1 fully saturated rings. The molecule has 5 nitrogen and oxygen atoms in total. The molecule has 2 N–H and O–H groups in total. The molecule has 3 amide bonds. The second-order valence-corrected chi connectivity index (χ2v) is 3.12. The molecule has 0 aliphatic carbocycles. The molecule has 1 rings (SSSR count). The number of rotatable bonds is 2. The summed E-state index contributed by atoms with van der Waals surface area (Å²) in [7, 11) is 0. The number of imide groups is 1. The van der Waals surface area contributed by atoms with Crippen molar-refractivity contribution in [2.24, 2.45) is 0 Å². The highest BCUT2D eigenvalue weighted by Crippen LogP contribution is 2.14. The second kappa shape index (κ2) is 2.58. The van der Waals surface area contributed by atoms with Gasteiger partial charge in [-0.2, -0.15) is 0 Å². The van der Waals surface area contributed by atoms with Crippen molar-refractivity contribution in [3.8, 4) is 0 Å². The summed E-state index contributed by atoms with van der Waals surface area (Å²) in [6.45, 7) is 2.90. The lowest BCUT2D eigenvalue weighted by Gasteiger charge is -2.17. The van der Waals surface area contributed by atoms with Crippen LogP contribution in [0.25, 0.3) is 0 Å². The quantitative estimate of drug-likeness (QED) is 0.552. The van der Waals surface area contributed by atoms with Crippen LogP contribution in [-0.2, 0) is 9.59 Å². The Morgan fingerprint density at radius 3 is 2.42 bits per heavy atom. The van der Waals surface area contributed by atoms with Crippen LogP contribution in [0.2, 0.25) is 0 Å². The topological polar surface area (TPSA) is 75.3 Å². The first kappa shape index (κ1) is 8.70. The fraction of sp³-hybridized carbons (Fsp3) is 0.571. The van der Waals surface area contributed by atoms with Gasteiger partial charge in [-0.3, -0.25) is 14.9 Å². The zero-order valence-electron chi connectivity index (χ0n) is 6.93. The molecule has 1 saturated heterocycles. The standard InChI is InChI=1S/C7H10N2O3/c1-4(10)3-7(2)5(11)8-6(12)9-7/h3H2,1-2H3,(H2,8,9,11,12). The fourth-order valence-corrected chi connectivity index (χ4v) is 1.20. The molecule has 0 bridgehead atoms. The summed E-state index contributed by atoms with van der Waals surface area (Å²) in [5.74, 6) is -0.572. The molecule has 1 aliphatic heterocycles. The van der Waals surface area contributed by atoms with Crippen LogP contribution in [0.3, 0.4) is 0 Å². The molecule has 0 aromatic carbocycles. The molecule has 5 heteroatoms. The van der Waals surface area contributed by atoms with Gasteiger partial charge in [0.15, 0.2) is 0 Å². The van der Waals surface area contributed by atoms with E-state index in [1.165, 1.54) is 13.8 Å². The Hall–Kier alpha value is -1.39. The Balaban J connectivity index is 2.77. The number of nitrogens with one attached hydrogen (secondary N) is 2. The van der Waals surface area contributed by atoms with Crippen molar-refractivity contribution in [2.45, 2.75) is 25.8 Å². The van der Waals surface area contributed by atoms with Gasteiger partial charge in [0, 0.05) is 6.42 Å². The van der Waals surface area contributed by atoms with E-state index in [-0.39, 0.29) is 12.2 Å². The number of carbonyl (C=O) groups is 3. The van der Waals surface area contributed by atoms with Crippen LogP contribution in [0.15, 0.2) is 0 Å². The predicted molar refractivity (Wildman–Crippen MR) is 40.4 cm³/mol. The minimum Gasteiger partial charge on any atom is -0.323 e. The number of urea groups is 1. The summed E-state index contributed by atoms with van der Waals surface area (Å²) in [5.41, 5.74) is -1.05. The molecule has 0 radical (unpaired) electrons. The Kier molecular flexibility index (Phi) is 1.87. The maximum absolute atomic E-state index is 11.1. The molecule has 0 spiro atoms. The molecule has 1 aliphatic rings. The van der Waals surface area contributed by atoms with Gasteiger partial charge in [0.05, 0.1) is 0 Å². The maximum Gasteiger partial charge on any atom is 0.322 e. The van der Waals surface area contributed by atoms with E-state index in [1.54, 1.807) is 0 Å². The highest BCUT2D eigenvalue weighted by Gasteiger charge is 2.42. The van der Waals surface area contributed by atoms with Gasteiger partial charge in [0.25, 0.3) is 5.91 Å². The van der Waals surface area contributed by atoms with Crippen molar-refractivity contribution in [3.63, 3.8) is 0 Å². The van der Waals surface area contributed by atoms with Gasteiger partial charge in [0.2, 0.25) is 0 Å². The van der Waals surface area contributed by atoms with Gasteiger partial charge >= 0.3 is 6.03 Å². The van der Waals surface area contributed by atoms with Crippen LogP contribution in [0.5, 0.6) is 0 Å². The first-order chi connectivity index (χ1) is 5.44. The molecule has 1 unspecified atom stereocenters. The van der Waals surface area contributed by atoms with Crippen molar-refractivity contribution in [3.05, 3.63) is 0 Å². The fourth-order valence-electron chi connectivity index (χ4n) is 1.20. The smallest absolute Gasteiger partial charge is 0.322 e. The van der Waals surface area contributed by atoms with Crippen LogP contribution in [-0.4, -0.2) is 23.3 Å². The molecule has 1 atom stereocenters. The Bertz CT molecular complexity index is 261. The summed E-state index contributed by atoms with van der Waals surface area (Å²) in [4.78, 5) is 32.5. The molecule has 12 heavy (non-hydrogen) atoms. The lowest BCUT2D eigenvalue weighted by Crippen LogP contribution is -2.45.